The lowest BCUT2D eigenvalue weighted by atomic mass is 10.2. The van der Waals surface area contributed by atoms with Gasteiger partial charge in [0.25, 0.3) is 5.91 Å². The Labute approximate surface area is 163 Å². The predicted molar refractivity (Wildman–Crippen MR) is 95.2 cm³/mol. The van der Waals surface area contributed by atoms with Crippen molar-refractivity contribution in [2.24, 2.45) is 0 Å². The molecule has 2 aromatic heterocycles. The van der Waals surface area contributed by atoms with E-state index in [4.69, 9.17) is 13.9 Å². The van der Waals surface area contributed by atoms with Crippen LogP contribution in [0.5, 0.6) is 11.6 Å². The van der Waals surface area contributed by atoms with Crippen molar-refractivity contribution in [3.05, 3.63) is 60.4 Å². The van der Waals surface area contributed by atoms with Crippen molar-refractivity contribution in [2.75, 3.05) is 19.8 Å². The summed E-state index contributed by atoms with van der Waals surface area (Å²) in [6.07, 6.45) is -2.95. The molecule has 29 heavy (non-hydrogen) atoms. The van der Waals surface area contributed by atoms with Crippen LogP contribution >= 0.6 is 0 Å². The summed E-state index contributed by atoms with van der Waals surface area (Å²) >= 11 is 0. The average molecular weight is 407 g/mol. The van der Waals surface area contributed by atoms with Crippen LogP contribution in [-0.4, -0.2) is 35.9 Å². The van der Waals surface area contributed by atoms with Crippen LogP contribution in [0.2, 0.25) is 0 Å². The van der Waals surface area contributed by atoms with Crippen molar-refractivity contribution in [1.82, 2.24) is 15.5 Å². The molecule has 0 unspecified atom stereocenters. The van der Waals surface area contributed by atoms with E-state index in [1.807, 2.05) is 0 Å². The number of benzene rings is 1. The fourth-order valence-corrected chi connectivity index (χ4v) is 2.26. The Morgan fingerprint density at radius 1 is 1.07 bits per heavy atom. The molecule has 0 spiro atoms. The zero-order valence-electron chi connectivity index (χ0n) is 15.0. The first-order chi connectivity index (χ1) is 13.9. The van der Waals surface area contributed by atoms with E-state index in [-0.39, 0.29) is 24.8 Å². The van der Waals surface area contributed by atoms with Crippen molar-refractivity contribution in [3.8, 4) is 23.1 Å². The Bertz CT molecular complexity index is 929. The van der Waals surface area contributed by atoms with Crippen LogP contribution in [0.15, 0.2) is 59.2 Å². The summed E-state index contributed by atoms with van der Waals surface area (Å²) in [5, 5.41) is 10.4. The predicted octanol–water partition coefficient (Wildman–Crippen LogP) is 3.33. The highest BCUT2D eigenvalue weighted by Gasteiger charge is 2.30. The van der Waals surface area contributed by atoms with Gasteiger partial charge in [-0.15, -0.1) is 10.2 Å². The molecule has 1 N–H and O–H groups in total. The van der Waals surface area contributed by atoms with Crippen LogP contribution in [0, 0.1) is 0 Å². The van der Waals surface area contributed by atoms with Gasteiger partial charge in [0.1, 0.15) is 18.1 Å². The molecule has 0 aliphatic heterocycles. The molecule has 0 aliphatic carbocycles. The van der Waals surface area contributed by atoms with E-state index in [1.54, 1.807) is 24.3 Å². The van der Waals surface area contributed by atoms with E-state index >= 15 is 0 Å². The standard InChI is InChI=1S/C19H16F3N3O4/c20-19(21,22)13-3-1-4-14(11-13)29-12-17(26)23-8-10-28-18-7-6-15(24-25-18)16-5-2-9-27-16/h1-7,9,11H,8,10,12H2,(H,23,26). The minimum Gasteiger partial charge on any atom is -0.484 e. The van der Waals surface area contributed by atoms with Crippen molar-refractivity contribution in [3.63, 3.8) is 0 Å². The molecule has 0 saturated heterocycles. The Morgan fingerprint density at radius 2 is 1.93 bits per heavy atom. The molecule has 3 rings (SSSR count). The molecule has 0 bridgehead atoms. The maximum absolute atomic E-state index is 12.6. The summed E-state index contributed by atoms with van der Waals surface area (Å²) in [6.45, 7) is -0.130. The van der Waals surface area contributed by atoms with Crippen molar-refractivity contribution in [1.29, 1.82) is 0 Å². The van der Waals surface area contributed by atoms with E-state index in [2.05, 4.69) is 15.5 Å². The quantitative estimate of drug-likeness (QED) is 0.577. The second kappa shape index (κ2) is 9.09. The third-order valence-electron chi connectivity index (χ3n) is 3.62. The van der Waals surface area contributed by atoms with Gasteiger partial charge in [0, 0.05) is 6.07 Å². The SMILES string of the molecule is O=C(COc1cccc(C(F)(F)F)c1)NCCOc1ccc(-c2ccco2)nn1. The highest BCUT2D eigenvalue weighted by Crippen LogP contribution is 2.31. The summed E-state index contributed by atoms with van der Waals surface area (Å²) in [5.41, 5.74) is -0.287. The van der Waals surface area contributed by atoms with Crippen molar-refractivity contribution in [2.45, 2.75) is 6.18 Å². The van der Waals surface area contributed by atoms with Gasteiger partial charge in [0.15, 0.2) is 12.4 Å². The minimum atomic E-state index is -4.47. The summed E-state index contributed by atoms with van der Waals surface area (Å²) in [5.74, 6) is 0.315. The van der Waals surface area contributed by atoms with Gasteiger partial charge in [-0.1, -0.05) is 6.07 Å². The molecule has 0 saturated carbocycles. The number of alkyl halides is 3. The smallest absolute Gasteiger partial charge is 0.416 e. The number of rotatable bonds is 8. The maximum atomic E-state index is 12.6. The monoisotopic (exact) mass is 407 g/mol. The van der Waals surface area contributed by atoms with Gasteiger partial charge >= 0.3 is 6.18 Å². The number of aromatic nitrogens is 2. The zero-order chi connectivity index (χ0) is 20.7. The van der Waals surface area contributed by atoms with Crippen LogP contribution in [0.1, 0.15) is 5.56 Å². The van der Waals surface area contributed by atoms with Crippen LogP contribution in [0.4, 0.5) is 13.2 Å². The highest BCUT2D eigenvalue weighted by molar-refractivity contribution is 5.77. The molecule has 7 nitrogen and oxygen atoms in total. The van der Waals surface area contributed by atoms with Gasteiger partial charge < -0.3 is 19.2 Å². The van der Waals surface area contributed by atoms with Gasteiger partial charge in [-0.05, 0) is 36.4 Å². The first-order valence-electron chi connectivity index (χ1n) is 8.49. The molecule has 152 valence electrons. The normalized spacial score (nSPS) is 11.1. The van der Waals surface area contributed by atoms with E-state index < -0.39 is 24.3 Å². The molecule has 0 fully saturated rings. The third kappa shape index (κ3) is 5.96. The summed E-state index contributed by atoms with van der Waals surface area (Å²) in [6, 6.07) is 11.1. The number of ether oxygens (including phenoxy) is 2. The van der Waals surface area contributed by atoms with Crippen LogP contribution in [0.3, 0.4) is 0 Å². The molecular weight excluding hydrogens is 391 g/mol. The fourth-order valence-electron chi connectivity index (χ4n) is 2.26. The van der Waals surface area contributed by atoms with E-state index in [1.165, 1.54) is 18.4 Å². The maximum Gasteiger partial charge on any atom is 0.416 e. The number of furan rings is 1. The molecular formula is C19H16F3N3O4. The Kier molecular flexibility index (Phi) is 6.32. The van der Waals surface area contributed by atoms with Gasteiger partial charge in [-0.25, -0.2) is 0 Å². The number of halogens is 3. The summed E-state index contributed by atoms with van der Waals surface area (Å²) in [4.78, 5) is 11.7. The lowest BCUT2D eigenvalue weighted by Gasteiger charge is -2.10. The van der Waals surface area contributed by atoms with E-state index in [9.17, 15) is 18.0 Å². The first kappa shape index (κ1) is 20.2. The van der Waals surface area contributed by atoms with E-state index in [0.29, 0.717) is 11.5 Å². The second-order valence-electron chi connectivity index (χ2n) is 5.75. The Balaban J connectivity index is 1.37. The van der Waals surface area contributed by atoms with Crippen molar-refractivity contribution >= 4 is 5.91 Å². The second-order valence-corrected chi connectivity index (χ2v) is 5.75. The lowest BCUT2D eigenvalue weighted by Crippen LogP contribution is -2.32. The lowest BCUT2D eigenvalue weighted by molar-refractivity contribution is -0.137. The van der Waals surface area contributed by atoms with Gasteiger partial charge in [0.05, 0.1) is 18.4 Å². The number of carbonyl (C=O) groups is 1. The summed E-state index contributed by atoms with van der Waals surface area (Å²) in [7, 11) is 0. The molecule has 3 aromatic rings. The third-order valence-corrected chi connectivity index (χ3v) is 3.62. The zero-order valence-corrected chi connectivity index (χ0v) is 15.0. The number of hydrogen-bond acceptors (Lipinski definition) is 6. The highest BCUT2D eigenvalue weighted by atomic mass is 19.4. The largest absolute Gasteiger partial charge is 0.484 e. The number of nitrogens with one attached hydrogen (secondary N) is 1. The number of hydrogen-bond donors (Lipinski definition) is 1. The molecule has 0 aliphatic rings. The van der Waals surface area contributed by atoms with Crippen LogP contribution < -0.4 is 14.8 Å². The number of amides is 1. The summed E-state index contributed by atoms with van der Waals surface area (Å²) < 4.78 is 53.6. The molecule has 2 heterocycles. The van der Waals surface area contributed by atoms with Crippen molar-refractivity contribution < 1.29 is 31.9 Å². The number of carbonyl (C=O) groups excluding carboxylic acids is 1. The minimum absolute atomic E-state index is 0.0434. The first-order valence-corrected chi connectivity index (χ1v) is 8.49. The van der Waals surface area contributed by atoms with Gasteiger partial charge in [-0.2, -0.15) is 13.2 Å². The molecule has 0 atom stereocenters. The molecule has 10 heteroatoms. The molecule has 0 radical (unpaired) electrons. The Morgan fingerprint density at radius 3 is 2.62 bits per heavy atom. The Hall–Kier alpha value is -3.56. The van der Waals surface area contributed by atoms with Crippen LogP contribution in [-0.2, 0) is 11.0 Å². The topological polar surface area (TPSA) is 86.5 Å². The fraction of sp³-hybridized carbons (Fsp3) is 0.211. The molecule has 1 aromatic carbocycles. The van der Waals surface area contributed by atoms with Gasteiger partial charge in [-0.3, -0.25) is 4.79 Å². The van der Waals surface area contributed by atoms with Crippen LogP contribution in [0.25, 0.3) is 11.5 Å². The number of nitrogens with zero attached hydrogens (tertiary/aromatic N) is 2. The average Bonchev–Trinajstić information content (AvgIpc) is 3.25. The molecule has 1 amide bonds. The van der Waals surface area contributed by atoms with Gasteiger partial charge in [0.2, 0.25) is 5.88 Å². The van der Waals surface area contributed by atoms with E-state index in [0.717, 1.165) is 12.1 Å².